The van der Waals surface area contributed by atoms with Crippen molar-refractivity contribution in [3.8, 4) is 0 Å². The van der Waals surface area contributed by atoms with Crippen LogP contribution in [0, 0.1) is 5.41 Å². The molecular weight excluding hydrogens is 224 g/mol. The topological polar surface area (TPSA) is 43.4 Å². The van der Waals surface area contributed by atoms with E-state index in [1.165, 1.54) is 7.11 Å². The fourth-order valence-corrected chi connectivity index (χ4v) is 1.64. The van der Waals surface area contributed by atoms with E-state index in [4.69, 9.17) is 0 Å². The molecule has 0 heterocycles. The van der Waals surface area contributed by atoms with E-state index in [9.17, 15) is 9.59 Å². The maximum absolute atomic E-state index is 12.1. The highest BCUT2D eigenvalue weighted by molar-refractivity contribution is 7.80. The Labute approximate surface area is 100 Å². The number of ether oxygens (including phenoxy) is 1. The molecule has 0 bridgehead atoms. The lowest BCUT2D eigenvalue weighted by molar-refractivity contribution is -0.147. The number of ketones is 1. The summed E-state index contributed by atoms with van der Waals surface area (Å²) in [5.74, 6) is -0.709. The molecule has 0 radical (unpaired) electrons. The van der Waals surface area contributed by atoms with Crippen LogP contribution in [0.3, 0.4) is 0 Å². The van der Waals surface area contributed by atoms with Gasteiger partial charge in [-0.15, -0.1) is 0 Å². The fraction of sp³-hybridized carbons (Fsp3) is 0.333. The van der Waals surface area contributed by atoms with Gasteiger partial charge in [0.2, 0.25) is 0 Å². The van der Waals surface area contributed by atoms with Crippen molar-refractivity contribution in [1.82, 2.24) is 0 Å². The summed E-state index contributed by atoms with van der Waals surface area (Å²) in [4.78, 5) is 23.7. The highest BCUT2D eigenvalue weighted by Crippen LogP contribution is 2.25. The summed E-state index contributed by atoms with van der Waals surface area (Å²) in [5, 5.41) is 0. The lowest BCUT2D eigenvalue weighted by Crippen LogP contribution is -2.39. The van der Waals surface area contributed by atoms with E-state index < -0.39 is 11.4 Å². The Kier molecular flexibility index (Phi) is 4.12. The second-order valence-corrected chi connectivity index (χ2v) is 3.99. The summed E-state index contributed by atoms with van der Waals surface area (Å²) in [6.07, 6.45) is 0. The molecule has 86 valence electrons. The quantitative estimate of drug-likeness (QED) is 0.377. The fourth-order valence-electron chi connectivity index (χ4n) is 1.36. The molecule has 1 atom stereocenters. The Hall–Kier alpha value is -1.29. The number of benzene rings is 1. The third-order valence-corrected chi connectivity index (χ3v) is 3.12. The van der Waals surface area contributed by atoms with Crippen LogP contribution in [0.5, 0.6) is 0 Å². The Morgan fingerprint density at radius 3 is 2.31 bits per heavy atom. The summed E-state index contributed by atoms with van der Waals surface area (Å²) >= 11 is 4.06. The Balaban J connectivity index is 3.07. The second kappa shape index (κ2) is 5.16. The minimum Gasteiger partial charge on any atom is -0.468 e. The van der Waals surface area contributed by atoms with Crippen LogP contribution >= 0.6 is 12.6 Å². The Bertz CT molecular complexity index is 389. The second-order valence-electron chi connectivity index (χ2n) is 3.68. The van der Waals surface area contributed by atoms with Crippen molar-refractivity contribution >= 4 is 24.4 Å². The van der Waals surface area contributed by atoms with Crippen molar-refractivity contribution in [3.05, 3.63) is 35.9 Å². The molecule has 0 aliphatic rings. The first-order valence-corrected chi connectivity index (χ1v) is 5.48. The van der Waals surface area contributed by atoms with Crippen LogP contribution in [0.4, 0.5) is 0 Å². The Morgan fingerprint density at radius 2 is 1.88 bits per heavy atom. The zero-order chi connectivity index (χ0) is 12.2. The molecule has 1 aromatic rings. The average Bonchev–Trinajstić information content (AvgIpc) is 2.36. The highest BCUT2D eigenvalue weighted by Gasteiger charge is 2.41. The van der Waals surface area contributed by atoms with Gasteiger partial charge in [0.15, 0.2) is 5.78 Å². The van der Waals surface area contributed by atoms with Crippen LogP contribution < -0.4 is 0 Å². The van der Waals surface area contributed by atoms with Crippen molar-refractivity contribution in [2.75, 3.05) is 12.9 Å². The van der Waals surface area contributed by atoms with Crippen LogP contribution in [0.2, 0.25) is 0 Å². The standard InChI is InChI=1S/C12H14O3S/c1-12(8-16,11(14)15-2)10(13)9-6-4-3-5-7-9/h3-7,16H,8H2,1-2H3/t12-/m0/s1. The van der Waals surface area contributed by atoms with Gasteiger partial charge in [-0.1, -0.05) is 30.3 Å². The van der Waals surface area contributed by atoms with Crippen LogP contribution in [-0.4, -0.2) is 24.6 Å². The maximum Gasteiger partial charge on any atom is 0.320 e. The molecule has 0 amide bonds. The molecule has 1 rings (SSSR count). The van der Waals surface area contributed by atoms with E-state index in [-0.39, 0.29) is 11.5 Å². The summed E-state index contributed by atoms with van der Waals surface area (Å²) in [6, 6.07) is 8.67. The van der Waals surface area contributed by atoms with Gasteiger partial charge in [0.25, 0.3) is 0 Å². The van der Waals surface area contributed by atoms with Gasteiger partial charge >= 0.3 is 5.97 Å². The maximum atomic E-state index is 12.1. The third kappa shape index (κ3) is 2.27. The first kappa shape index (κ1) is 12.8. The van der Waals surface area contributed by atoms with Gasteiger partial charge in [0.05, 0.1) is 7.11 Å². The van der Waals surface area contributed by atoms with Gasteiger partial charge in [0.1, 0.15) is 5.41 Å². The zero-order valence-corrected chi connectivity index (χ0v) is 10.2. The molecule has 0 saturated carbocycles. The van der Waals surface area contributed by atoms with Crippen LogP contribution in [-0.2, 0) is 9.53 Å². The average molecular weight is 238 g/mol. The minimum absolute atomic E-state index is 0.118. The number of thiol groups is 1. The zero-order valence-electron chi connectivity index (χ0n) is 9.27. The number of methoxy groups -OCH3 is 1. The van der Waals surface area contributed by atoms with Crippen molar-refractivity contribution in [1.29, 1.82) is 0 Å². The Morgan fingerprint density at radius 1 is 1.31 bits per heavy atom. The molecule has 0 saturated heterocycles. The summed E-state index contributed by atoms with van der Waals surface area (Å²) in [6.45, 7) is 1.54. The van der Waals surface area contributed by atoms with Gasteiger partial charge < -0.3 is 4.74 Å². The van der Waals surface area contributed by atoms with Crippen LogP contribution in [0.15, 0.2) is 30.3 Å². The van der Waals surface area contributed by atoms with E-state index in [2.05, 4.69) is 17.4 Å². The highest BCUT2D eigenvalue weighted by atomic mass is 32.1. The van der Waals surface area contributed by atoms with Gasteiger partial charge in [-0.2, -0.15) is 12.6 Å². The molecular formula is C12H14O3S. The number of esters is 1. The summed E-state index contributed by atoms with van der Waals surface area (Å²) in [5.41, 5.74) is -0.733. The predicted octanol–water partition coefficient (Wildman–Crippen LogP) is 1.98. The van der Waals surface area contributed by atoms with E-state index in [0.717, 1.165) is 0 Å². The molecule has 0 aromatic heterocycles. The first-order chi connectivity index (χ1) is 7.56. The molecule has 0 aliphatic carbocycles. The number of hydrogen-bond acceptors (Lipinski definition) is 4. The minimum atomic E-state index is -1.22. The number of carbonyl (C=O) groups is 2. The number of Topliss-reactive ketones (excluding diaryl/α,β-unsaturated/α-hetero) is 1. The molecule has 4 heteroatoms. The van der Waals surface area contributed by atoms with Crippen molar-refractivity contribution in [2.45, 2.75) is 6.92 Å². The van der Waals surface area contributed by atoms with Crippen molar-refractivity contribution in [3.63, 3.8) is 0 Å². The molecule has 0 aliphatic heterocycles. The third-order valence-electron chi connectivity index (χ3n) is 2.49. The molecule has 0 fully saturated rings. The predicted molar refractivity (Wildman–Crippen MR) is 64.7 cm³/mol. The van der Waals surface area contributed by atoms with E-state index in [1.54, 1.807) is 31.2 Å². The SMILES string of the molecule is COC(=O)[C@@](C)(CS)C(=O)c1ccccc1. The van der Waals surface area contributed by atoms with Crippen LogP contribution in [0.1, 0.15) is 17.3 Å². The lowest BCUT2D eigenvalue weighted by Gasteiger charge is -2.22. The lowest BCUT2D eigenvalue weighted by atomic mass is 9.84. The molecule has 0 N–H and O–H groups in total. The van der Waals surface area contributed by atoms with Gasteiger partial charge in [0, 0.05) is 11.3 Å². The van der Waals surface area contributed by atoms with E-state index >= 15 is 0 Å². The van der Waals surface area contributed by atoms with Crippen molar-refractivity contribution in [2.24, 2.45) is 5.41 Å². The van der Waals surface area contributed by atoms with Crippen LogP contribution in [0.25, 0.3) is 0 Å². The number of carbonyl (C=O) groups excluding carboxylic acids is 2. The molecule has 3 nitrogen and oxygen atoms in total. The van der Waals surface area contributed by atoms with E-state index in [1.807, 2.05) is 6.07 Å². The molecule has 0 spiro atoms. The largest absolute Gasteiger partial charge is 0.468 e. The number of hydrogen-bond donors (Lipinski definition) is 1. The summed E-state index contributed by atoms with van der Waals surface area (Å²) in [7, 11) is 1.27. The van der Waals surface area contributed by atoms with Gasteiger partial charge in [-0.05, 0) is 6.92 Å². The summed E-state index contributed by atoms with van der Waals surface area (Å²) < 4.78 is 4.64. The van der Waals surface area contributed by atoms with Crippen molar-refractivity contribution < 1.29 is 14.3 Å². The monoisotopic (exact) mass is 238 g/mol. The smallest absolute Gasteiger partial charge is 0.320 e. The molecule has 16 heavy (non-hydrogen) atoms. The molecule has 1 aromatic carbocycles. The first-order valence-electron chi connectivity index (χ1n) is 4.85. The van der Waals surface area contributed by atoms with E-state index in [0.29, 0.717) is 5.56 Å². The van der Waals surface area contributed by atoms with Gasteiger partial charge in [-0.3, -0.25) is 9.59 Å². The molecule has 0 unspecified atom stereocenters. The van der Waals surface area contributed by atoms with Gasteiger partial charge in [-0.25, -0.2) is 0 Å². The number of rotatable bonds is 4. The normalized spacial score (nSPS) is 13.9.